The first kappa shape index (κ1) is 11.7. The Morgan fingerprint density at radius 3 is 2.80 bits per heavy atom. The number of nitrogens with zero attached hydrogens (tertiary/aromatic N) is 1. The molecule has 80 valence electrons. The molecular weight excluding hydrogens is 221 g/mol. The minimum atomic E-state index is -0.579. The maximum atomic E-state index is 13.0. The van der Waals surface area contributed by atoms with E-state index in [-0.39, 0.29) is 17.1 Å². The highest BCUT2D eigenvalue weighted by molar-refractivity contribution is 6.30. The normalized spacial score (nSPS) is 11.5. The summed E-state index contributed by atoms with van der Waals surface area (Å²) in [6.45, 7) is 1.67. The summed E-state index contributed by atoms with van der Waals surface area (Å²) in [5.74, 6) is -0.579. The van der Waals surface area contributed by atoms with Crippen LogP contribution >= 0.6 is 11.6 Å². The van der Waals surface area contributed by atoms with E-state index in [2.05, 4.69) is 0 Å². The van der Waals surface area contributed by atoms with Crippen LogP contribution in [0.25, 0.3) is 6.08 Å². The Hall–Kier alpha value is -1.42. The number of halogens is 2. The Balaban J connectivity index is 3.07. The molecule has 0 aliphatic rings. The van der Waals surface area contributed by atoms with Crippen molar-refractivity contribution in [3.05, 3.63) is 50.4 Å². The molecule has 0 aliphatic carbocycles. The third-order valence-corrected chi connectivity index (χ3v) is 2.18. The molecule has 0 fully saturated rings. The van der Waals surface area contributed by atoms with Gasteiger partial charge in [-0.25, -0.2) is 4.39 Å². The van der Waals surface area contributed by atoms with E-state index < -0.39 is 10.7 Å². The Bertz CT molecular complexity index is 418. The summed E-state index contributed by atoms with van der Waals surface area (Å²) in [5.41, 5.74) is 0.474. The van der Waals surface area contributed by atoms with Crippen LogP contribution in [-0.2, 0) is 0 Å². The van der Waals surface area contributed by atoms with Crippen LogP contribution < -0.4 is 0 Å². The van der Waals surface area contributed by atoms with Crippen LogP contribution in [0.15, 0.2) is 23.9 Å². The van der Waals surface area contributed by atoms with Gasteiger partial charge in [-0.3, -0.25) is 10.1 Å². The fraction of sp³-hybridized carbons (Fsp3) is 0.200. The highest BCUT2D eigenvalue weighted by atomic mass is 35.5. The van der Waals surface area contributed by atoms with Crippen molar-refractivity contribution in [3.63, 3.8) is 0 Å². The molecule has 3 nitrogen and oxygen atoms in total. The van der Waals surface area contributed by atoms with E-state index in [0.717, 1.165) is 0 Å². The quantitative estimate of drug-likeness (QED) is 0.588. The van der Waals surface area contributed by atoms with Crippen molar-refractivity contribution in [2.45, 2.75) is 13.3 Å². The van der Waals surface area contributed by atoms with Gasteiger partial charge < -0.3 is 0 Å². The number of rotatable bonds is 3. The Morgan fingerprint density at radius 1 is 1.67 bits per heavy atom. The fourth-order valence-corrected chi connectivity index (χ4v) is 1.20. The summed E-state index contributed by atoms with van der Waals surface area (Å²) in [5, 5.41) is 10.5. The predicted molar refractivity (Wildman–Crippen MR) is 56.7 cm³/mol. The minimum Gasteiger partial charge on any atom is -0.259 e. The van der Waals surface area contributed by atoms with Gasteiger partial charge in [-0.05, 0) is 17.7 Å². The molecule has 5 heteroatoms. The van der Waals surface area contributed by atoms with Crippen molar-refractivity contribution >= 4 is 17.7 Å². The Morgan fingerprint density at radius 2 is 2.33 bits per heavy atom. The molecule has 0 aliphatic heterocycles. The first-order valence-corrected chi connectivity index (χ1v) is 4.72. The molecule has 0 unspecified atom stereocenters. The maximum absolute atomic E-state index is 13.0. The first-order chi connectivity index (χ1) is 7.04. The van der Waals surface area contributed by atoms with Crippen LogP contribution in [-0.4, -0.2) is 4.92 Å². The largest absolute Gasteiger partial charge is 0.259 e. The van der Waals surface area contributed by atoms with Crippen molar-refractivity contribution in [3.8, 4) is 0 Å². The molecular formula is C10H9ClFNO2. The van der Waals surface area contributed by atoms with Crippen molar-refractivity contribution in [1.82, 2.24) is 0 Å². The van der Waals surface area contributed by atoms with Gasteiger partial charge in [0.1, 0.15) is 5.82 Å². The van der Waals surface area contributed by atoms with Gasteiger partial charge in [-0.2, -0.15) is 0 Å². The molecule has 0 saturated carbocycles. The van der Waals surface area contributed by atoms with E-state index in [1.807, 2.05) is 0 Å². The predicted octanol–water partition coefficient (Wildman–Crippen LogP) is 3.51. The molecule has 0 saturated heterocycles. The van der Waals surface area contributed by atoms with E-state index in [1.54, 1.807) is 6.92 Å². The molecule has 0 bridgehead atoms. The zero-order valence-electron chi connectivity index (χ0n) is 8.04. The number of hydrogen-bond donors (Lipinski definition) is 0. The summed E-state index contributed by atoms with van der Waals surface area (Å²) in [4.78, 5) is 10.0. The number of benzene rings is 1. The van der Waals surface area contributed by atoms with Gasteiger partial charge in [-0.15, -0.1) is 0 Å². The second kappa shape index (κ2) is 4.89. The molecule has 0 amide bonds. The smallest absolute Gasteiger partial charge is 0.246 e. The molecule has 0 heterocycles. The monoisotopic (exact) mass is 229 g/mol. The lowest BCUT2D eigenvalue weighted by atomic mass is 10.1. The number of allylic oxidation sites excluding steroid dienone is 1. The molecule has 0 aromatic heterocycles. The zero-order chi connectivity index (χ0) is 11.4. The van der Waals surface area contributed by atoms with Gasteiger partial charge in [0.15, 0.2) is 0 Å². The molecule has 1 rings (SSSR count). The van der Waals surface area contributed by atoms with Gasteiger partial charge in [0.2, 0.25) is 5.70 Å². The molecule has 15 heavy (non-hydrogen) atoms. The van der Waals surface area contributed by atoms with Gasteiger partial charge >= 0.3 is 0 Å². The summed E-state index contributed by atoms with van der Waals surface area (Å²) in [7, 11) is 0. The van der Waals surface area contributed by atoms with E-state index in [4.69, 9.17) is 11.6 Å². The zero-order valence-corrected chi connectivity index (χ0v) is 8.79. The van der Waals surface area contributed by atoms with Gasteiger partial charge in [-0.1, -0.05) is 24.6 Å². The van der Waals surface area contributed by atoms with Crippen molar-refractivity contribution in [1.29, 1.82) is 0 Å². The summed E-state index contributed by atoms with van der Waals surface area (Å²) in [6.07, 6.45) is 1.62. The molecule has 0 radical (unpaired) electrons. The molecule has 0 spiro atoms. The van der Waals surface area contributed by atoms with Crippen LogP contribution in [0.2, 0.25) is 5.02 Å². The topological polar surface area (TPSA) is 43.1 Å². The second-order valence-corrected chi connectivity index (χ2v) is 3.33. The average molecular weight is 230 g/mol. The van der Waals surface area contributed by atoms with Crippen molar-refractivity contribution < 1.29 is 9.31 Å². The summed E-state index contributed by atoms with van der Waals surface area (Å²) < 4.78 is 13.0. The van der Waals surface area contributed by atoms with Crippen LogP contribution in [0, 0.1) is 15.9 Å². The van der Waals surface area contributed by atoms with Crippen molar-refractivity contribution in [2.75, 3.05) is 0 Å². The van der Waals surface area contributed by atoms with Gasteiger partial charge in [0, 0.05) is 12.5 Å². The third kappa shape index (κ3) is 3.02. The molecule has 0 atom stereocenters. The minimum absolute atomic E-state index is 0.00583. The standard InChI is InChI=1S/C10H9ClFNO2/c1-2-8(13(14)15)5-7-3-4-9(11)10(12)6-7/h3-6H,2H2,1H3. The van der Waals surface area contributed by atoms with Crippen LogP contribution in [0.1, 0.15) is 18.9 Å². The SMILES string of the molecule is CCC(=Cc1ccc(Cl)c(F)c1)[N+](=O)[O-]. The highest BCUT2D eigenvalue weighted by Crippen LogP contribution is 2.18. The number of hydrogen-bond acceptors (Lipinski definition) is 2. The van der Waals surface area contributed by atoms with E-state index >= 15 is 0 Å². The molecule has 0 N–H and O–H groups in total. The lowest BCUT2D eigenvalue weighted by Crippen LogP contribution is -1.96. The summed E-state index contributed by atoms with van der Waals surface area (Å²) in [6, 6.07) is 4.07. The highest BCUT2D eigenvalue weighted by Gasteiger charge is 2.08. The Kier molecular flexibility index (Phi) is 3.80. The van der Waals surface area contributed by atoms with Crippen LogP contribution in [0.3, 0.4) is 0 Å². The van der Waals surface area contributed by atoms with Crippen molar-refractivity contribution in [2.24, 2.45) is 0 Å². The lowest BCUT2D eigenvalue weighted by molar-refractivity contribution is -0.425. The third-order valence-electron chi connectivity index (χ3n) is 1.87. The first-order valence-electron chi connectivity index (χ1n) is 4.34. The van der Waals surface area contributed by atoms with Gasteiger partial charge in [0.25, 0.3) is 0 Å². The fourth-order valence-electron chi connectivity index (χ4n) is 1.08. The van der Waals surface area contributed by atoms with Crippen LogP contribution in [0.5, 0.6) is 0 Å². The molecule has 1 aromatic carbocycles. The van der Waals surface area contributed by atoms with E-state index in [0.29, 0.717) is 5.56 Å². The number of nitro groups is 1. The van der Waals surface area contributed by atoms with Gasteiger partial charge in [0.05, 0.1) is 9.95 Å². The second-order valence-electron chi connectivity index (χ2n) is 2.92. The molecule has 1 aromatic rings. The van der Waals surface area contributed by atoms with E-state index in [1.165, 1.54) is 24.3 Å². The average Bonchev–Trinajstić information content (AvgIpc) is 2.19. The maximum Gasteiger partial charge on any atom is 0.246 e. The Labute approximate surface area is 91.3 Å². The van der Waals surface area contributed by atoms with E-state index in [9.17, 15) is 14.5 Å². The summed E-state index contributed by atoms with van der Waals surface area (Å²) >= 11 is 5.48. The van der Waals surface area contributed by atoms with Crippen LogP contribution in [0.4, 0.5) is 4.39 Å². The lowest BCUT2D eigenvalue weighted by Gasteiger charge is -1.97.